The molecule has 0 saturated heterocycles. The van der Waals surface area contributed by atoms with Crippen LogP contribution in [0.1, 0.15) is 28.7 Å². The fraction of sp³-hybridized carbons (Fsp3) is 0.176. The Labute approximate surface area is 108 Å². The molecule has 0 aliphatic carbocycles. The third-order valence-electron chi connectivity index (χ3n) is 3.20. The van der Waals surface area contributed by atoms with E-state index in [-0.39, 0.29) is 5.92 Å². The highest BCUT2D eigenvalue weighted by molar-refractivity contribution is 5.31. The summed E-state index contributed by atoms with van der Waals surface area (Å²) in [6, 6.07) is 17.9. The number of hydrogen-bond donors (Lipinski definition) is 1. The third kappa shape index (κ3) is 2.69. The Morgan fingerprint density at radius 3 is 2.11 bits per heavy atom. The van der Waals surface area contributed by atoms with Gasteiger partial charge >= 0.3 is 0 Å². The van der Waals surface area contributed by atoms with Crippen molar-refractivity contribution in [3.05, 3.63) is 83.9 Å². The number of hydrogen-bond acceptors (Lipinski definition) is 1. The zero-order chi connectivity index (χ0) is 13.0. The second-order valence-electron chi connectivity index (χ2n) is 4.53. The summed E-state index contributed by atoms with van der Waals surface area (Å²) in [5, 5.41) is 10.5. The molecule has 1 N–H and O–H groups in total. The number of aliphatic hydroxyl groups excluding tert-OH is 1. The summed E-state index contributed by atoms with van der Waals surface area (Å²) in [5.41, 5.74) is 3.20. The molecule has 0 heterocycles. The molecular weight excluding hydrogens is 220 g/mol. The second-order valence-corrected chi connectivity index (χ2v) is 4.53. The molecule has 2 atom stereocenters. The van der Waals surface area contributed by atoms with E-state index in [0.29, 0.717) is 0 Å². The zero-order valence-corrected chi connectivity index (χ0v) is 10.6. The van der Waals surface area contributed by atoms with Crippen molar-refractivity contribution in [1.29, 1.82) is 0 Å². The van der Waals surface area contributed by atoms with Crippen LogP contribution < -0.4 is 0 Å². The van der Waals surface area contributed by atoms with Gasteiger partial charge in [-0.15, -0.1) is 6.58 Å². The van der Waals surface area contributed by atoms with Crippen LogP contribution in [0.4, 0.5) is 0 Å². The molecule has 0 amide bonds. The molecule has 0 bridgehead atoms. The predicted molar refractivity (Wildman–Crippen MR) is 75.5 cm³/mol. The first-order chi connectivity index (χ1) is 8.72. The van der Waals surface area contributed by atoms with Crippen LogP contribution >= 0.6 is 0 Å². The molecule has 0 fully saturated rings. The third-order valence-corrected chi connectivity index (χ3v) is 3.20. The highest BCUT2D eigenvalue weighted by atomic mass is 16.3. The minimum atomic E-state index is -0.550. The summed E-state index contributed by atoms with van der Waals surface area (Å²) >= 11 is 0. The van der Waals surface area contributed by atoms with Crippen LogP contribution in [0.15, 0.2) is 67.3 Å². The van der Waals surface area contributed by atoms with E-state index in [9.17, 15) is 5.11 Å². The molecule has 18 heavy (non-hydrogen) atoms. The van der Waals surface area contributed by atoms with Crippen molar-refractivity contribution in [3.8, 4) is 0 Å². The standard InChI is InChI=1S/C17H18O/c1-3-16(14-7-5-4-6-8-14)17(18)15-11-9-13(2)10-12-15/h3-12,16-18H,1H2,2H3/t16-,17+/m0/s1. The maximum atomic E-state index is 10.5. The Bertz CT molecular complexity index is 499. The lowest BCUT2D eigenvalue weighted by molar-refractivity contribution is 0.162. The van der Waals surface area contributed by atoms with E-state index in [4.69, 9.17) is 0 Å². The van der Waals surface area contributed by atoms with Crippen molar-refractivity contribution in [1.82, 2.24) is 0 Å². The Kier molecular flexibility index (Phi) is 3.96. The molecule has 2 aromatic rings. The largest absolute Gasteiger partial charge is 0.387 e. The van der Waals surface area contributed by atoms with Crippen molar-refractivity contribution in [2.45, 2.75) is 18.9 Å². The van der Waals surface area contributed by atoms with Gasteiger partial charge in [-0.1, -0.05) is 66.2 Å². The van der Waals surface area contributed by atoms with Crippen LogP contribution in [0, 0.1) is 6.92 Å². The van der Waals surface area contributed by atoms with Crippen LogP contribution in [0.25, 0.3) is 0 Å². The lowest BCUT2D eigenvalue weighted by Crippen LogP contribution is -2.08. The van der Waals surface area contributed by atoms with Crippen LogP contribution in [0.2, 0.25) is 0 Å². The lowest BCUT2D eigenvalue weighted by atomic mass is 9.89. The SMILES string of the molecule is C=C[C@@H](c1ccccc1)[C@H](O)c1ccc(C)cc1. The Morgan fingerprint density at radius 1 is 0.944 bits per heavy atom. The van der Waals surface area contributed by atoms with Gasteiger partial charge in [-0.05, 0) is 18.1 Å². The van der Waals surface area contributed by atoms with Gasteiger partial charge in [0.1, 0.15) is 0 Å². The monoisotopic (exact) mass is 238 g/mol. The fourth-order valence-corrected chi connectivity index (χ4v) is 2.09. The number of aliphatic hydroxyl groups is 1. The van der Waals surface area contributed by atoms with Crippen LogP contribution in [-0.4, -0.2) is 5.11 Å². The maximum absolute atomic E-state index is 10.5. The van der Waals surface area contributed by atoms with Gasteiger partial charge < -0.3 is 5.11 Å². The molecule has 0 spiro atoms. The van der Waals surface area contributed by atoms with Crippen molar-refractivity contribution >= 4 is 0 Å². The second kappa shape index (κ2) is 5.65. The molecule has 1 heteroatoms. The normalized spacial score (nSPS) is 13.9. The van der Waals surface area contributed by atoms with Crippen molar-refractivity contribution < 1.29 is 5.11 Å². The highest BCUT2D eigenvalue weighted by Crippen LogP contribution is 2.31. The number of aryl methyl sites for hydroxylation is 1. The quantitative estimate of drug-likeness (QED) is 0.798. The van der Waals surface area contributed by atoms with E-state index in [1.165, 1.54) is 5.56 Å². The smallest absolute Gasteiger partial charge is 0.0893 e. The van der Waals surface area contributed by atoms with Gasteiger partial charge in [0.25, 0.3) is 0 Å². The highest BCUT2D eigenvalue weighted by Gasteiger charge is 2.19. The van der Waals surface area contributed by atoms with E-state index in [0.717, 1.165) is 11.1 Å². The Morgan fingerprint density at radius 2 is 1.56 bits per heavy atom. The van der Waals surface area contributed by atoms with Gasteiger partial charge in [0.05, 0.1) is 6.10 Å². The van der Waals surface area contributed by atoms with Gasteiger partial charge in [-0.3, -0.25) is 0 Å². The van der Waals surface area contributed by atoms with Gasteiger partial charge in [-0.2, -0.15) is 0 Å². The Balaban J connectivity index is 2.28. The molecular formula is C17H18O. The predicted octanol–water partition coefficient (Wildman–Crippen LogP) is 4.00. The van der Waals surface area contributed by atoms with Gasteiger partial charge in [0.2, 0.25) is 0 Å². The van der Waals surface area contributed by atoms with Crippen LogP contribution in [-0.2, 0) is 0 Å². The molecule has 0 radical (unpaired) electrons. The summed E-state index contributed by atoms with van der Waals surface area (Å²) in [6.45, 7) is 5.88. The van der Waals surface area contributed by atoms with Gasteiger partial charge in [0, 0.05) is 5.92 Å². The summed E-state index contributed by atoms with van der Waals surface area (Å²) in [6.07, 6.45) is 1.25. The number of benzene rings is 2. The van der Waals surface area contributed by atoms with E-state index in [2.05, 4.69) is 6.58 Å². The number of rotatable bonds is 4. The van der Waals surface area contributed by atoms with Crippen LogP contribution in [0.5, 0.6) is 0 Å². The van der Waals surface area contributed by atoms with E-state index in [1.54, 1.807) is 6.08 Å². The molecule has 0 aromatic heterocycles. The summed E-state index contributed by atoms with van der Waals surface area (Å²) in [5.74, 6) is -0.0751. The van der Waals surface area contributed by atoms with E-state index >= 15 is 0 Å². The topological polar surface area (TPSA) is 20.2 Å². The molecule has 0 saturated carbocycles. The zero-order valence-electron chi connectivity index (χ0n) is 10.6. The molecule has 0 aliphatic heterocycles. The van der Waals surface area contributed by atoms with Crippen LogP contribution in [0.3, 0.4) is 0 Å². The van der Waals surface area contributed by atoms with Crippen molar-refractivity contribution in [2.24, 2.45) is 0 Å². The molecule has 0 aliphatic rings. The molecule has 2 rings (SSSR count). The molecule has 2 aromatic carbocycles. The summed E-state index contributed by atoms with van der Waals surface area (Å²) in [7, 11) is 0. The van der Waals surface area contributed by atoms with Gasteiger partial charge in [0.15, 0.2) is 0 Å². The minimum Gasteiger partial charge on any atom is -0.387 e. The fourth-order valence-electron chi connectivity index (χ4n) is 2.09. The average molecular weight is 238 g/mol. The van der Waals surface area contributed by atoms with Gasteiger partial charge in [-0.25, -0.2) is 0 Å². The summed E-state index contributed by atoms with van der Waals surface area (Å²) < 4.78 is 0. The first-order valence-corrected chi connectivity index (χ1v) is 6.14. The molecule has 0 unspecified atom stereocenters. The average Bonchev–Trinajstić information content (AvgIpc) is 2.41. The minimum absolute atomic E-state index is 0.0751. The Hall–Kier alpha value is -1.86. The maximum Gasteiger partial charge on any atom is 0.0893 e. The van der Waals surface area contributed by atoms with E-state index < -0.39 is 6.10 Å². The molecule has 1 nitrogen and oxygen atoms in total. The lowest BCUT2D eigenvalue weighted by Gasteiger charge is -2.20. The molecule has 92 valence electrons. The first-order valence-electron chi connectivity index (χ1n) is 6.14. The van der Waals surface area contributed by atoms with Crippen molar-refractivity contribution in [2.75, 3.05) is 0 Å². The van der Waals surface area contributed by atoms with E-state index in [1.807, 2.05) is 61.5 Å². The first kappa shape index (κ1) is 12.6. The van der Waals surface area contributed by atoms with Crippen molar-refractivity contribution in [3.63, 3.8) is 0 Å². The summed E-state index contributed by atoms with van der Waals surface area (Å²) in [4.78, 5) is 0.